The molecule has 3 aromatic rings. The highest BCUT2D eigenvalue weighted by atomic mass is 79.9. The van der Waals surface area contributed by atoms with E-state index in [1.54, 1.807) is 24.3 Å². The number of carbonyl (C=O) groups excluding carboxylic acids is 1. The van der Waals surface area contributed by atoms with E-state index >= 15 is 0 Å². The van der Waals surface area contributed by atoms with Gasteiger partial charge >= 0.3 is 0 Å². The van der Waals surface area contributed by atoms with Crippen molar-refractivity contribution in [2.75, 3.05) is 12.0 Å². The molecule has 0 fully saturated rings. The Labute approximate surface area is 152 Å². The van der Waals surface area contributed by atoms with Crippen molar-refractivity contribution in [3.63, 3.8) is 0 Å². The molecule has 1 aromatic heterocycles. The molecule has 0 bridgehead atoms. The lowest BCUT2D eigenvalue weighted by Gasteiger charge is -2.21. The van der Waals surface area contributed by atoms with Crippen LogP contribution in [0.5, 0.6) is 5.75 Å². The Morgan fingerprint density at radius 1 is 1.21 bits per heavy atom. The summed E-state index contributed by atoms with van der Waals surface area (Å²) < 4.78 is 5.95. The largest absolute Gasteiger partial charge is 0.497 e. The van der Waals surface area contributed by atoms with Crippen LogP contribution in [0.3, 0.4) is 0 Å². The molecule has 0 radical (unpaired) electrons. The van der Waals surface area contributed by atoms with Crippen molar-refractivity contribution in [1.29, 1.82) is 0 Å². The van der Waals surface area contributed by atoms with Gasteiger partial charge in [-0.05, 0) is 45.8 Å². The highest BCUT2D eigenvalue weighted by molar-refractivity contribution is 9.10. The maximum atomic E-state index is 13.0. The van der Waals surface area contributed by atoms with E-state index in [1.807, 2.05) is 47.8 Å². The number of methoxy groups -OCH3 is 1. The highest BCUT2D eigenvalue weighted by Gasteiger charge is 2.21. The van der Waals surface area contributed by atoms with Gasteiger partial charge in [0.2, 0.25) is 0 Å². The predicted molar refractivity (Wildman–Crippen MR) is 99.8 cm³/mol. The van der Waals surface area contributed by atoms with Gasteiger partial charge < -0.3 is 4.74 Å². The fourth-order valence-corrected chi connectivity index (χ4v) is 3.36. The molecule has 2 aromatic carbocycles. The van der Waals surface area contributed by atoms with Crippen LogP contribution in [0.4, 0.5) is 5.13 Å². The molecule has 3 rings (SSSR count). The summed E-state index contributed by atoms with van der Waals surface area (Å²) in [5.41, 5.74) is 1.62. The summed E-state index contributed by atoms with van der Waals surface area (Å²) in [7, 11) is 1.63. The first-order valence-corrected chi connectivity index (χ1v) is 8.95. The molecule has 24 heavy (non-hydrogen) atoms. The highest BCUT2D eigenvalue weighted by Crippen LogP contribution is 2.26. The number of ether oxygens (including phenoxy) is 1. The van der Waals surface area contributed by atoms with Crippen LogP contribution in [0, 0.1) is 0 Å². The first-order chi connectivity index (χ1) is 11.7. The van der Waals surface area contributed by atoms with E-state index in [2.05, 4.69) is 20.9 Å². The van der Waals surface area contributed by atoms with Crippen LogP contribution in [0.15, 0.2) is 64.6 Å². The fraction of sp³-hybridized carbons (Fsp3) is 0.111. The molecular weight excluding hydrogens is 388 g/mol. The molecule has 0 saturated heterocycles. The van der Waals surface area contributed by atoms with Gasteiger partial charge in [0.25, 0.3) is 5.91 Å². The van der Waals surface area contributed by atoms with Crippen molar-refractivity contribution >= 4 is 38.3 Å². The Morgan fingerprint density at radius 3 is 2.58 bits per heavy atom. The SMILES string of the molecule is COc1ccc(CN(C(=O)c2ccccc2Br)c2nccs2)cc1. The zero-order valence-corrected chi connectivity index (χ0v) is 15.4. The van der Waals surface area contributed by atoms with Gasteiger partial charge in [0.1, 0.15) is 5.75 Å². The Bertz CT molecular complexity index is 819. The van der Waals surface area contributed by atoms with Gasteiger partial charge in [0, 0.05) is 16.0 Å². The van der Waals surface area contributed by atoms with Crippen molar-refractivity contribution in [3.05, 3.63) is 75.7 Å². The summed E-state index contributed by atoms with van der Waals surface area (Å²) in [4.78, 5) is 19.0. The minimum atomic E-state index is -0.0896. The number of carbonyl (C=O) groups is 1. The minimum absolute atomic E-state index is 0.0896. The second-order valence-electron chi connectivity index (χ2n) is 5.03. The van der Waals surface area contributed by atoms with Crippen LogP contribution in [0.25, 0.3) is 0 Å². The maximum Gasteiger partial charge on any atom is 0.261 e. The topological polar surface area (TPSA) is 42.4 Å². The van der Waals surface area contributed by atoms with E-state index in [0.717, 1.165) is 15.8 Å². The molecular formula is C18H15BrN2O2S. The number of hydrogen-bond acceptors (Lipinski definition) is 4. The molecule has 0 aliphatic heterocycles. The Hall–Kier alpha value is -2.18. The number of anilines is 1. The molecule has 0 unspecified atom stereocenters. The summed E-state index contributed by atoms with van der Waals surface area (Å²) in [6, 6.07) is 15.1. The third-order valence-corrected chi connectivity index (χ3v) is 4.99. The molecule has 122 valence electrons. The van der Waals surface area contributed by atoms with Crippen LogP contribution in [-0.4, -0.2) is 18.0 Å². The lowest BCUT2D eigenvalue weighted by molar-refractivity contribution is 0.0984. The summed E-state index contributed by atoms with van der Waals surface area (Å²) >= 11 is 4.89. The van der Waals surface area contributed by atoms with Gasteiger partial charge in [-0.25, -0.2) is 4.98 Å². The average molecular weight is 403 g/mol. The zero-order valence-electron chi connectivity index (χ0n) is 13.0. The molecule has 1 amide bonds. The van der Waals surface area contributed by atoms with E-state index in [9.17, 15) is 4.79 Å². The third kappa shape index (κ3) is 3.66. The Morgan fingerprint density at radius 2 is 1.96 bits per heavy atom. The van der Waals surface area contributed by atoms with Crippen molar-refractivity contribution in [1.82, 2.24) is 4.98 Å². The predicted octanol–water partition coefficient (Wildman–Crippen LogP) is 4.76. The maximum absolute atomic E-state index is 13.0. The van der Waals surface area contributed by atoms with E-state index in [-0.39, 0.29) is 5.91 Å². The molecule has 0 N–H and O–H groups in total. The van der Waals surface area contributed by atoms with Crippen molar-refractivity contribution in [3.8, 4) is 5.75 Å². The van der Waals surface area contributed by atoms with Crippen molar-refractivity contribution in [2.24, 2.45) is 0 Å². The fourth-order valence-electron chi connectivity index (χ4n) is 2.27. The quantitative estimate of drug-likeness (QED) is 0.617. The van der Waals surface area contributed by atoms with E-state index in [4.69, 9.17) is 4.74 Å². The molecule has 6 heteroatoms. The number of nitrogens with zero attached hydrogens (tertiary/aromatic N) is 2. The number of rotatable bonds is 5. The van der Waals surface area contributed by atoms with Crippen LogP contribution in [0.2, 0.25) is 0 Å². The summed E-state index contributed by atoms with van der Waals surface area (Å²) in [5.74, 6) is 0.699. The zero-order chi connectivity index (χ0) is 16.9. The molecule has 4 nitrogen and oxygen atoms in total. The first-order valence-electron chi connectivity index (χ1n) is 7.28. The Kier molecular flexibility index (Phi) is 5.27. The van der Waals surface area contributed by atoms with Gasteiger partial charge in [-0.15, -0.1) is 11.3 Å². The number of thiazole rings is 1. The number of hydrogen-bond donors (Lipinski definition) is 0. The van der Waals surface area contributed by atoms with Gasteiger partial charge in [0.15, 0.2) is 5.13 Å². The molecule has 0 aliphatic rings. The van der Waals surface area contributed by atoms with Gasteiger partial charge in [-0.2, -0.15) is 0 Å². The Balaban J connectivity index is 1.92. The molecule has 1 heterocycles. The number of halogens is 1. The molecule has 0 aliphatic carbocycles. The van der Waals surface area contributed by atoms with Crippen LogP contribution in [0.1, 0.15) is 15.9 Å². The van der Waals surface area contributed by atoms with E-state index < -0.39 is 0 Å². The lowest BCUT2D eigenvalue weighted by Crippen LogP contribution is -2.30. The summed E-state index contributed by atoms with van der Waals surface area (Å²) in [6.07, 6.45) is 1.70. The van der Waals surface area contributed by atoms with Gasteiger partial charge in [-0.1, -0.05) is 24.3 Å². The monoisotopic (exact) mass is 402 g/mol. The number of amides is 1. The third-order valence-electron chi connectivity index (χ3n) is 3.50. The number of benzene rings is 2. The standard InChI is InChI=1S/C18H15BrN2O2S/c1-23-14-8-6-13(7-9-14)12-21(18-20-10-11-24-18)17(22)15-4-2-3-5-16(15)19/h2-11H,12H2,1H3. The average Bonchev–Trinajstić information content (AvgIpc) is 3.14. The van der Waals surface area contributed by atoms with Gasteiger partial charge in [0.05, 0.1) is 19.2 Å². The van der Waals surface area contributed by atoms with Crippen molar-refractivity contribution < 1.29 is 9.53 Å². The van der Waals surface area contributed by atoms with E-state index in [1.165, 1.54) is 11.3 Å². The van der Waals surface area contributed by atoms with E-state index in [0.29, 0.717) is 17.2 Å². The molecule has 0 spiro atoms. The van der Waals surface area contributed by atoms with Crippen LogP contribution in [-0.2, 0) is 6.54 Å². The van der Waals surface area contributed by atoms with Crippen LogP contribution < -0.4 is 9.64 Å². The normalized spacial score (nSPS) is 10.4. The number of aromatic nitrogens is 1. The summed E-state index contributed by atoms with van der Waals surface area (Å²) in [6.45, 7) is 0.442. The lowest BCUT2D eigenvalue weighted by atomic mass is 10.1. The van der Waals surface area contributed by atoms with Crippen molar-refractivity contribution in [2.45, 2.75) is 6.54 Å². The molecule has 0 saturated carbocycles. The second kappa shape index (κ2) is 7.59. The molecule has 0 atom stereocenters. The smallest absolute Gasteiger partial charge is 0.261 e. The second-order valence-corrected chi connectivity index (χ2v) is 6.76. The first kappa shape index (κ1) is 16.7. The van der Waals surface area contributed by atoms with Gasteiger partial charge in [-0.3, -0.25) is 9.69 Å². The minimum Gasteiger partial charge on any atom is -0.497 e. The van der Waals surface area contributed by atoms with Crippen LogP contribution >= 0.6 is 27.3 Å². The summed E-state index contributed by atoms with van der Waals surface area (Å²) in [5, 5.41) is 2.54.